The minimum absolute atomic E-state index is 0.246. The maximum absolute atomic E-state index is 9.56. The lowest BCUT2D eigenvalue weighted by Gasteiger charge is -2.42. The first-order valence-electron chi connectivity index (χ1n) is 6.80. The largest absolute Gasteiger partial charge is 0.508 e. The van der Waals surface area contributed by atoms with Crippen LogP contribution in [0.4, 0.5) is 0 Å². The van der Waals surface area contributed by atoms with Crippen LogP contribution in [-0.2, 0) is 6.54 Å². The molecular formula is C15H23ClN2O. The van der Waals surface area contributed by atoms with Crippen LogP contribution in [0.15, 0.2) is 18.2 Å². The van der Waals surface area contributed by atoms with Gasteiger partial charge in [0.25, 0.3) is 0 Å². The maximum atomic E-state index is 9.56. The van der Waals surface area contributed by atoms with Crippen LogP contribution in [0.3, 0.4) is 0 Å². The summed E-state index contributed by atoms with van der Waals surface area (Å²) in [5.41, 5.74) is 1.33. The summed E-state index contributed by atoms with van der Waals surface area (Å²) in [6.45, 7) is 11.9. The Balaban J connectivity index is 1.92. The van der Waals surface area contributed by atoms with Crippen molar-refractivity contribution in [3.05, 3.63) is 28.8 Å². The molecular weight excluding hydrogens is 260 g/mol. The van der Waals surface area contributed by atoms with Crippen LogP contribution < -0.4 is 0 Å². The van der Waals surface area contributed by atoms with Gasteiger partial charge in [-0.15, -0.1) is 0 Å². The van der Waals surface area contributed by atoms with Crippen molar-refractivity contribution < 1.29 is 5.11 Å². The summed E-state index contributed by atoms with van der Waals surface area (Å²) in [5.74, 6) is 0.246. The van der Waals surface area contributed by atoms with Crippen LogP contribution in [0, 0.1) is 0 Å². The van der Waals surface area contributed by atoms with Gasteiger partial charge in [-0.3, -0.25) is 9.80 Å². The van der Waals surface area contributed by atoms with Crippen LogP contribution in [0.2, 0.25) is 5.02 Å². The second kappa shape index (κ2) is 5.70. The average Bonchev–Trinajstić information content (AvgIpc) is 2.26. The Morgan fingerprint density at radius 1 is 1.11 bits per heavy atom. The van der Waals surface area contributed by atoms with Crippen molar-refractivity contribution in [3.8, 4) is 5.75 Å². The molecule has 2 rings (SSSR count). The molecule has 19 heavy (non-hydrogen) atoms. The molecule has 3 nitrogen and oxygen atoms in total. The molecule has 106 valence electrons. The molecule has 1 heterocycles. The van der Waals surface area contributed by atoms with Gasteiger partial charge in [0.15, 0.2) is 0 Å². The highest BCUT2D eigenvalue weighted by Crippen LogP contribution is 2.22. The summed E-state index contributed by atoms with van der Waals surface area (Å²) in [4.78, 5) is 4.92. The highest BCUT2D eigenvalue weighted by Gasteiger charge is 2.25. The molecule has 0 unspecified atom stereocenters. The lowest BCUT2D eigenvalue weighted by Crippen LogP contribution is -2.53. The molecule has 0 aromatic heterocycles. The second-order valence-electron chi connectivity index (χ2n) is 6.25. The fourth-order valence-electron chi connectivity index (χ4n) is 2.56. The Bertz CT molecular complexity index is 414. The molecule has 4 heteroatoms. The van der Waals surface area contributed by atoms with E-state index in [1.165, 1.54) is 0 Å². The van der Waals surface area contributed by atoms with E-state index in [-0.39, 0.29) is 11.3 Å². The van der Waals surface area contributed by atoms with Crippen LogP contribution >= 0.6 is 11.6 Å². The van der Waals surface area contributed by atoms with E-state index in [4.69, 9.17) is 11.6 Å². The number of aromatic hydroxyl groups is 1. The van der Waals surface area contributed by atoms with E-state index in [2.05, 4.69) is 30.6 Å². The van der Waals surface area contributed by atoms with Crippen molar-refractivity contribution in [1.82, 2.24) is 9.80 Å². The molecule has 1 saturated heterocycles. The van der Waals surface area contributed by atoms with Crippen LogP contribution in [0.1, 0.15) is 26.3 Å². The summed E-state index contributed by atoms with van der Waals surface area (Å²) in [5, 5.41) is 10.2. The van der Waals surface area contributed by atoms with Gasteiger partial charge in [-0.1, -0.05) is 11.6 Å². The van der Waals surface area contributed by atoms with Gasteiger partial charge in [-0.25, -0.2) is 0 Å². The Morgan fingerprint density at radius 2 is 1.74 bits per heavy atom. The first-order valence-corrected chi connectivity index (χ1v) is 7.18. The topological polar surface area (TPSA) is 26.7 Å². The monoisotopic (exact) mass is 282 g/mol. The molecule has 0 saturated carbocycles. The van der Waals surface area contributed by atoms with Gasteiger partial charge in [0.05, 0.1) is 0 Å². The normalized spacial score (nSPS) is 18.7. The molecule has 0 aliphatic carbocycles. The van der Waals surface area contributed by atoms with Crippen LogP contribution in [0.25, 0.3) is 0 Å². The molecule has 0 spiro atoms. The third-order valence-corrected chi connectivity index (χ3v) is 3.89. The number of halogens is 1. The number of benzene rings is 1. The number of phenolic OH excluding ortho intramolecular Hbond substituents is 1. The Kier molecular flexibility index (Phi) is 4.39. The van der Waals surface area contributed by atoms with Crippen molar-refractivity contribution >= 4 is 11.6 Å². The van der Waals surface area contributed by atoms with Gasteiger partial charge in [0.2, 0.25) is 0 Å². The summed E-state index contributed by atoms with van der Waals surface area (Å²) in [6, 6.07) is 5.29. The molecule has 1 aliphatic heterocycles. The van der Waals surface area contributed by atoms with Crippen molar-refractivity contribution in [2.75, 3.05) is 26.2 Å². The van der Waals surface area contributed by atoms with Crippen molar-refractivity contribution in [1.29, 1.82) is 0 Å². The smallest absolute Gasteiger partial charge is 0.117 e. The number of hydrogen-bond acceptors (Lipinski definition) is 3. The molecule has 1 aliphatic rings. The number of rotatable bonds is 2. The van der Waals surface area contributed by atoms with E-state index in [1.807, 2.05) is 6.07 Å². The molecule has 0 radical (unpaired) electrons. The van der Waals surface area contributed by atoms with E-state index in [0.717, 1.165) is 38.3 Å². The lowest BCUT2D eigenvalue weighted by molar-refractivity contribution is 0.0591. The third kappa shape index (κ3) is 4.10. The Labute approximate surface area is 120 Å². The summed E-state index contributed by atoms with van der Waals surface area (Å²) >= 11 is 5.96. The zero-order valence-corrected chi connectivity index (χ0v) is 12.7. The van der Waals surface area contributed by atoms with Crippen LogP contribution in [-0.4, -0.2) is 46.6 Å². The van der Waals surface area contributed by atoms with Gasteiger partial charge in [-0.05, 0) is 44.5 Å². The van der Waals surface area contributed by atoms with Crippen molar-refractivity contribution in [3.63, 3.8) is 0 Å². The van der Waals surface area contributed by atoms with E-state index >= 15 is 0 Å². The second-order valence-corrected chi connectivity index (χ2v) is 6.69. The highest BCUT2D eigenvalue weighted by atomic mass is 35.5. The summed E-state index contributed by atoms with van der Waals surface area (Å²) in [7, 11) is 0. The van der Waals surface area contributed by atoms with Crippen molar-refractivity contribution in [2.45, 2.75) is 32.9 Å². The number of hydrogen-bond donors (Lipinski definition) is 1. The first kappa shape index (κ1) is 14.6. The fraction of sp³-hybridized carbons (Fsp3) is 0.600. The minimum atomic E-state index is 0.246. The molecule has 0 amide bonds. The third-order valence-electron chi connectivity index (χ3n) is 3.67. The zero-order valence-electron chi connectivity index (χ0n) is 12.0. The van der Waals surface area contributed by atoms with E-state index in [9.17, 15) is 5.11 Å². The quantitative estimate of drug-likeness (QED) is 0.903. The SMILES string of the molecule is CC(C)(C)N1CCN(Cc2cc(O)cc(Cl)c2)CC1. The van der Waals surface area contributed by atoms with Gasteiger partial charge in [0.1, 0.15) is 5.75 Å². The first-order chi connectivity index (χ1) is 8.84. The average molecular weight is 283 g/mol. The predicted molar refractivity (Wildman–Crippen MR) is 79.7 cm³/mol. The van der Waals surface area contributed by atoms with E-state index in [0.29, 0.717) is 5.02 Å². The zero-order chi connectivity index (χ0) is 14.0. The number of phenols is 1. The lowest BCUT2D eigenvalue weighted by atomic mass is 10.0. The van der Waals surface area contributed by atoms with Gasteiger partial charge in [-0.2, -0.15) is 0 Å². The molecule has 0 bridgehead atoms. The molecule has 1 aromatic carbocycles. The van der Waals surface area contributed by atoms with Gasteiger partial charge < -0.3 is 5.11 Å². The molecule has 1 fully saturated rings. The van der Waals surface area contributed by atoms with E-state index in [1.54, 1.807) is 12.1 Å². The van der Waals surface area contributed by atoms with Gasteiger partial charge >= 0.3 is 0 Å². The standard InChI is InChI=1S/C15H23ClN2O/c1-15(2,3)18-6-4-17(5-7-18)11-12-8-13(16)10-14(19)9-12/h8-10,19H,4-7,11H2,1-3H3. The minimum Gasteiger partial charge on any atom is -0.508 e. The maximum Gasteiger partial charge on any atom is 0.117 e. The Hall–Kier alpha value is -0.770. The predicted octanol–water partition coefficient (Wildman–Crippen LogP) is 2.96. The fourth-order valence-corrected chi connectivity index (χ4v) is 2.81. The summed E-state index contributed by atoms with van der Waals surface area (Å²) < 4.78 is 0. The Morgan fingerprint density at radius 3 is 2.26 bits per heavy atom. The van der Waals surface area contributed by atoms with Gasteiger partial charge in [0, 0.05) is 43.3 Å². The molecule has 0 atom stereocenters. The summed E-state index contributed by atoms with van der Waals surface area (Å²) in [6.07, 6.45) is 0. The van der Waals surface area contributed by atoms with Crippen molar-refractivity contribution in [2.24, 2.45) is 0 Å². The molecule has 1 aromatic rings. The number of piperazine rings is 1. The van der Waals surface area contributed by atoms with E-state index < -0.39 is 0 Å². The highest BCUT2D eigenvalue weighted by molar-refractivity contribution is 6.30. The van der Waals surface area contributed by atoms with Crippen LogP contribution in [0.5, 0.6) is 5.75 Å². The number of nitrogens with zero attached hydrogens (tertiary/aromatic N) is 2. The molecule has 1 N–H and O–H groups in total.